The first-order valence-corrected chi connectivity index (χ1v) is 11.1. The van der Waals surface area contributed by atoms with Gasteiger partial charge in [-0.3, -0.25) is 23.4 Å². The molecule has 0 saturated heterocycles. The average Bonchev–Trinajstić information content (AvgIpc) is 2.66. The van der Waals surface area contributed by atoms with Gasteiger partial charge < -0.3 is 25.2 Å². The minimum Gasteiger partial charge on any atom is -0.480 e. The van der Waals surface area contributed by atoms with E-state index in [-0.39, 0.29) is 19.4 Å². The lowest BCUT2D eigenvalue weighted by Crippen LogP contribution is -2.34. The number of phosphoric ester groups is 1. The highest BCUT2D eigenvalue weighted by molar-refractivity contribution is 7.47. The molecule has 0 aliphatic heterocycles. The van der Waals surface area contributed by atoms with Crippen molar-refractivity contribution in [3.63, 3.8) is 0 Å². The molecule has 170 valence electrons. The number of carbonyl (C=O) groups excluding carboxylic acids is 2. The van der Waals surface area contributed by atoms with E-state index in [0.29, 0.717) is 12.8 Å². The lowest BCUT2D eigenvalue weighted by molar-refractivity contribution is -0.161. The number of hydrogen-bond donors (Lipinski definition) is 3. The maximum absolute atomic E-state index is 11.9. The van der Waals surface area contributed by atoms with Crippen molar-refractivity contribution >= 4 is 25.7 Å². The molecule has 4 N–H and O–H groups in total. The first-order chi connectivity index (χ1) is 13.6. The van der Waals surface area contributed by atoms with Gasteiger partial charge in [-0.15, -0.1) is 0 Å². The third-order valence-corrected chi connectivity index (χ3v) is 4.56. The fraction of sp³-hybridized carbons (Fsp3) is 0.824. The standard InChI is InChI=1S/C17H32NO10P/c1-3-5-7-9-16(20)28-13(10-25-15(19)8-6-4-2)11-26-29(23,24)27-12-14(18)17(21)22/h13-14H,3-12,18H2,1-2H3,(H,21,22)(H,23,24). The number of nitrogens with two attached hydrogens (primary N) is 1. The number of aliphatic carboxylic acids is 1. The number of rotatable bonds is 17. The van der Waals surface area contributed by atoms with Crippen LogP contribution in [0.25, 0.3) is 0 Å². The lowest BCUT2D eigenvalue weighted by atomic mass is 10.2. The Morgan fingerprint density at radius 2 is 1.52 bits per heavy atom. The molecule has 3 atom stereocenters. The summed E-state index contributed by atoms with van der Waals surface area (Å²) in [6.07, 6.45) is 3.04. The van der Waals surface area contributed by atoms with Crippen molar-refractivity contribution in [2.45, 2.75) is 70.9 Å². The molecule has 29 heavy (non-hydrogen) atoms. The van der Waals surface area contributed by atoms with Crippen molar-refractivity contribution in [2.75, 3.05) is 19.8 Å². The number of carboxylic acid groups (broad SMARTS) is 1. The Morgan fingerprint density at radius 3 is 2.10 bits per heavy atom. The number of carbonyl (C=O) groups is 3. The summed E-state index contributed by atoms with van der Waals surface area (Å²) in [7, 11) is -4.65. The van der Waals surface area contributed by atoms with Gasteiger partial charge in [-0.1, -0.05) is 33.1 Å². The molecule has 0 aromatic heterocycles. The fourth-order valence-electron chi connectivity index (χ4n) is 1.92. The maximum atomic E-state index is 11.9. The Labute approximate surface area is 170 Å². The summed E-state index contributed by atoms with van der Waals surface area (Å²) >= 11 is 0. The highest BCUT2D eigenvalue weighted by Crippen LogP contribution is 2.43. The van der Waals surface area contributed by atoms with E-state index in [0.717, 1.165) is 19.3 Å². The van der Waals surface area contributed by atoms with Crippen molar-refractivity contribution in [1.29, 1.82) is 0 Å². The molecular weight excluding hydrogens is 409 g/mol. The zero-order valence-electron chi connectivity index (χ0n) is 16.9. The van der Waals surface area contributed by atoms with Gasteiger partial charge in [0.05, 0.1) is 13.2 Å². The van der Waals surface area contributed by atoms with Crippen molar-refractivity contribution in [2.24, 2.45) is 5.73 Å². The largest absolute Gasteiger partial charge is 0.480 e. The predicted molar refractivity (Wildman–Crippen MR) is 102 cm³/mol. The summed E-state index contributed by atoms with van der Waals surface area (Å²) in [6.45, 7) is 2.20. The van der Waals surface area contributed by atoms with E-state index < -0.39 is 51.1 Å². The van der Waals surface area contributed by atoms with Gasteiger partial charge in [-0.05, 0) is 12.8 Å². The van der Waals surface area contributed by atoms with E-state index >= 15 is 0 Å². The third kappa shape index (κ3) is 15.0. The van der Waals surface area contributed by atoms with Crippen LogP contribution in [0.2, 0.25) is 0 Å². The molecule has 0 aliphatic rings. The van der Waals surface area contributed by atoms with Crippen LogP contribution in [0.15, 0.2) is 0 Å². The van der Waals surface area contributed by atoms with Gasteiger partial charge in [0.1, 0.15) is 12.6 Å². The molecule has 3 unspecified atom stereocenters. The van der Waals surface area contributed by atoms with E-state index in [4.69, 9.17) is 24.8 Å². The quantitative estimate of drug-likeness (QED) is 0.170. The molecule has 0 aromatic carbocycles. The molecule has 0 spiro atoms. The number of carboxylic acids is 1. The number of unbranched alkanes of at least 4 members (excludes halogenated alkanes) is 3. The van der Waals surface area contributed by atoms with E-state index in [9.17, 15) is 23.8 Å². The summed E-state index contributed by atoms with van der Waals surface area (Å²) in [5.74, 6) is -2.46. The SMILES string of the molecule is CCCCCC(=O)OC(COC(=O)CCCC)COP(=O)(O)OCC(N)C(=O)O. The maximum Gasteiger partial charge on any atom is 0.472 e. The Morgan fingerprint density at radius 1 is 0.931 bits per heavy atom. The second-order valence-corrected chi connectivity index (χ2v) is 7.81. The smallest absolute Gasteiger partial charge is 0.472 e. The third-order valence-electron chi connectivity index (χ3n) is 3.61. The van der Waals surface area contributed by atoms with Crippen LogP contribution < -0.4 is 5.73 Å². The van der Waals surface area contributed by atoms with Gasteiger partial charge in [0, 0.05) is 12.8 Å². The van der Waals surface area contributed by atoms with E-state index in [2.05, 4.69) is 4.52 Å². The highest BCUT2D eigenvalue weighted by Gasteiger charge is 2.28. The van der Waals surface area contributed by atoms with E-state index in [1.54, 1.807) is 0 Å². The molecule has 0 fully saturated rings. The van der Waals surface area contributed by atoms with Gasteiger partial charge in [0.2, 0.25) is 0 Å². The zero-order valence-corrected chi connectivity index (χ0v) is 17.8. The summed E-state index contributed by atoms with van der Waals surface area (Å²) in [5.41, 5.74) is 5.19. The van der Waals surface area contributed by atoms with Crippen LogP contribution in [0.5, 0.6) is 0 Å². The molecule has 0 rings (SSSR count). The number of esters is 2. The van der Waals surface area contributed by atoms with E-state index in [1.807, 2.05) is 13.8 Å². The molecule has 0 radical (unpaired) electrons. The van der Waals surface area contributed by atoms with Crippen molar-refractivity contribution < 1.29 is 47.5 Å². The highest BCUT2D eigenvalue weighted by atomic mass is 31.2. The zero-order chi connectivity index (χ0) is 22.3. The van der Waals surface area contributed by atoms with Gasteiger partial charge in [0.25, 0.3) is 0 Å². The second kappa shape index (κ2) is 15.3. The average molecular weight is 441 g/mol. The topological polar surface area (TPSA) is 172 Å². The fourth-order valence-corrected chi connectivity index (χ4v) is 2.70. The Balaban J connectivity index is 4.68. The van der Waals surface area contributed by atoms with Crippen LogP contribution in [0, 0.1) is 0 Å². The van der Waals surface area contributed by atoms with Crippen molar-refractivity contribution in [3.8, 4) is 0 Å². The van der Waals surface area contributed by atoms with Crippen LogP contribution in [0.4, 0.5) is 0 Å². The van der Waals surface area contributed by atoms with E-state index in [1.165, 1.54) is 0 Å². The summed E-state index contributed by atoms with van der Waals surface area (Å²) in [5, 5.41) is 8.65. The van der Waals surface area contributed by atoms with Crippen LogP contribution >= 0.6 is 7.82 Å². The molecule has 0 bridgehead atoms. The molecular formula is C17H32NO10P. The lowest BCUT2D eigenvalue weighted by Gasteiger charge is -2.20. The Bertz CT molecular complexity index is 556. The normalized spacial score (nSPS) is 15.2. The predicted octanol–water partition coefficient (Wildman–Crippen LogP) is 1.76. The first kappa shape index (κ1) is 27.5. The second-order valence-electron chi connectivity index (χ2n) is 6.36. The van der Waals surface area contributed by atoms with Gasteiger partial charge >= 0.3 is 25.7 Å². The summed E-state index contributed by atoms with van der Waals surface area (Å²) in [6, 6.07) is -1.51. The van der Waals surface area contributed by atoms with Gasteiger partial charge in [-0.2, -0.15) is 0 Å². The summed E-state index contributed by atoms with van der Waals surface area (Å²) in [4.78, 5) is 43.8. The van der Waals surface area contributed by atoms with Crippen LogP contribution in [0.3, 0.4) is 0 Å². The molecule has 0 aromatic rings. The minimum atomic E-state index is -4.65. The Kier molecular flexibility index (Phi) is 14.5. The molecule has 0 saturated carbocycles. The molecule has 0 heterocycles. The van der Waals surface area contributed by atoms with Crippen LogP contribution in [0.1, 0.15) is 58.8 Å². The van der Waals surface area contributed by atoms with Crippen LogP contribution in [-0.4, -0.2) is 59.9 Å². The Hall–Kier alpha value is -1.52. The number of ether oxygens (including phenoxy) is 2. The number of phosphoric acid groups is 1. The molecule has 12 heteroatoms. The van der Waals surface area contributed by atoms with Crippen molar-refractivity contribution in [3.05, 3.63) is 0 Å². The molecule has 0 aliphatic carbocycles. The number of hydrogen-bond acceptors (Lipinski definition) is 9. The monoisotopic (exact) mass is 441 g/mol. The first-order valence-electron chi connectivity index (χ1n) is 9.56. The minimum absolute atomic E-state index is 0.148. The van der Waals surface area contributed by atoms with Crippen LogP contribution in [-0.2, 0) is 37.5 Å². The van der Waals surface area contributed by atoms with Gasteiger partial charge in [-0.25, -0.2) is 4.57 Å². The van der Waals surface area contributed by atoms with Crippen molar-refractivity contribution in [1.82, 2.24) is 0 Å². The van der Waals surface area contributed by atoms with Gasteiger partial charge in [0.15, 0.2) is 6.10 Å². The molecule has 11 nitrogen and oxygen atoms in total. The summed E-state index contributed by atoms with van der Waals surface area (Å²) < 4.78 is 31.3. The molecule has 0 amide bonds.